The van der Waals surface area contributed by atoms with Gasteiger partial charge in [0.2, 0.25) is 0 Å². The summed E-state index contributed by atoms with van der Waals surface area (Å²) in [6, 6.07) is 6.65. The lowest BCUT2D eigenvalue weighted by molar-refractivity contribution is 0.0720. The van der Waals surface area contributed by atoms with Gasteiger partial charge in [-0.15, -0.1) is 0 Å². The number of hydrogen-bond donors (Lipinski definition) is 1. The fourth-order valence-electron chi connectivity index (χ4n) is 3.56. The third kappa shape index (κ3) is 3.52. The minimum absolute atomic E-state index is 0.0782. The van der Waals surface area contributed by atoms with E-state index in [2.05, 4.69) is 28.4 Å². The van der Waals surface area contributed by atoms with Crippen LogP contribution in [0.4, 0.5) is 5.82 Å². The van der Waals surface area contributed by atoms with Crippen molar-refractivity contribution in [1.29, 1.82) is 0 Å². The van der Waals surface area contributed by atoms with Crippen LogP contribution in [0.1, 0.15) is 47.4 Å². The molecular formula is C19H25N5O. The van der Waals surface area contributed by atoms with Crippen LogP contribution in [-0.2, 0) is 6.54 Å². The SMILES string of the molecule is Cc1cc(C)n(C[C@H]2CCCN2C(=O)c2ccc(NC3CC3)nc2)n1. The van der Waals surface area contributed by atoms with Gasteiger partial charge in [-0.3, -0.25) is 9.48 Å². The lowest BCUT2D eigenvalue weighted by Gasteiger charge is -2.25. The number of amides is 1. The highest BCUT2D eigenvalue weighted by atomic mass is 16.2. The molecule has 6 nitrogen and oxygen atoms in total. The van der Waals surface area contributed by atoms with Crippen LogP contribution in [0.15, 0.2) is 24.4 Å². The van der Waals surface area contributed by atoms with Gasteiger partial charge in [-0.2, -0.15) is 5.10 Å². The predicted octanol–water partition coefficient (Wildman–Crippen LogP) is 2.77. The first-order valence-corrected chi connectivity index (χ1v) is 9.15. The lowest BCUT2D eigenvalue weighted by atomic mass is 10.2. The quantitative estimate of drug-likeness (QED) is 0.910. The van der Waals surface area contributed by atoms with E-state index >= 15 is 0 Å². The predicted molar refractivity (Wildman–Crippen MR) is 96.6 cm³/mol. The molecule has 0 bridgehead atoms. The molecule has 25 heavy (non-hydrogen) atoms. The maximum absolute atomic E-state index is 12.9. The Morgan fingerprint density at radius 2 is 2.12 bits per heavy atom. The molecule has 2 aromatic heterocycles. The molecule has 1 aliphatic carbocycles. The Balaban J connectivity index is 1.45. The second-order valence-corrected chi connectivity index (χ2v) is 7.25. The molecule has 1 amide bonds. The van der Waals surface area contributed by atoms with Gasteiger partial charge in [0.1, 0.15) is 5.82 Å². The smallest absolute Gasteiger partial charge is 0.255 e. The number of nitrogens with zero attached hydrogens (tertiary/aromatic N) is 4. The lowest BCUT2D eigenvalue weighted by Crippen LogP contribution is -2.38. The molecule has 2 aromatic rings. The number of carbonyl (C=O) groups is 1. The first-order valence-electron chi connectivity index (χ1n) is 9.15. The van der Waals surface area contributed by atoms with Crippen LogP contribution < -0.4 is 5.32 Å². The summed E-state index contributed by atoms with van der Waals surface area (Å²) in [7, 11) is 0. The summed E-state index contributed by atoms with van der Waals surface area (Å²) >= 11 is 0. The van der Waals surface area contributed by atoms with E-state index in [0.29, 0.717) is 11.6 Å². The van der Waals surface area contributed by atoms with Gasteiger partial charge in [-0.1, -0.05) is 0 Å². The van der Waals surface area contributed by atoms with E-state index in [9.17, 15) is 4.79 Å². The van der Waals surface area contributed by atoms with Crippen LogP contribution >= 0.6 is 0 Å². The van der Waals surface area contributed by atoms with E-state index in [4.69, 9.17) is 0 Å². The second-order valence-electron chi connectivity index (χ2n) is 7.25. The molecule has 1 aliphatic heterocycles. The van der Waals surface area contributed by atoms with Crippen molar-refractivity contribution in [2.24, 2.45) is 0 Å². The monoisotopic (exact) mass is 339 g/mol. The number of likely N-dealkylation sites (tertiary alicyclic amines) is 1. The standard InChI is InChI=1S/C19H25N5O/c1-13-10-14(2)24(22-13)12-17-4-3-9-23(17)19(25)15-5-8-18(20-11-15)21-16-6-7-16/h5,8,10-11,16-17H,3-4,6-7,9,12H2,1-2H3,(H,20,21)/t17-/m1/s1. The van der Waals surface area contributed by atoms with Gasteiger partial charge >= 0.3 is 0 Å². The van der Waals surface area contributed by atoms with Crippen molar-refractivity contribution >= 4 is 11.7 Å². The third-order valence-corrected chi connectivity index (χ3v) is 5.06. The molecule has 2 aliphatic rings. The van der Waals surface area contributed by atoms with Crippen LogP contribution in [0.2, 0.25) is 0 Å². The van der Waals surface area contributed by atoms with Crippen LogP contribution in [0.3, 0.4) is 0 Å². The van der Waals surface area contributed by atoms with Crippen LogP contribution in [0.25, 0.3) is 0 Å². The summed E-state index contributed by atoms with van der Waals surface area (Å²) < 4.78 is 2.02. The van der Waals surface area contributed by atoms with Crippen molar-refractivity contribution in [3.05, 3.63) is 41.3 Å². The number of rotatable bonds is 5. The van der Waals surface area contributed by atoms with E-state index in [1.165, 1.54) is 12.8 Å². The molecule has 4 rings (SSSR count). The number of pyridine rings is 1. The first kappa shape index (κ1) is 16.1. The molecule has 3 heterocycles. The topological polar surface area (TPSA) is 63.1 Å². The highest BCUT2D eigenvalue weighted by molar-refractivity contribution is 5.94. The van der Waals surface area contributed by atoms with Gasteiger partial charge < -0.3 is 10.2 Å². The Labute approximate surface area is 148 Å². The molecule has 1 saturated heterocycles. The van der Waals surface area contributed by atoms with Gasteiger partial charge in [0, 0.05) is 24.5 Å². The van der Waals surface area contributed by atoms with Crippen LogP contribution in [0.5, 0.6) is 0 Å². The molecule has 6 heteroatoms. The summed E-state index contributed by atoms with van der Waals surface area (Å²) in [5.41, 5.74) is 2.84. The first-order chi connectivity index (χ1) is 12.1. The minimum Gasteiger partial charge on any atom is -0.367 e. The summed E-state index contributed by atoms with van der Waals surface area (Å²) in [6.45, 7) is 5.64. The number of hydrogen-bond acceptors (Lipinski definition) is 4. The van der Waals surface area contributed by atoms with E-state index < -0.39 is 0 Å². The molecular weight excluding hydrogens is 314 g/mol. The fourth-order valence-corrected chi connectivity index (χ4v) is 3.56. The molecule has 0 aromatic carbocycles. The summed E-state index contributed by atoms with van der Waals surface area (Å²) in [5, 5.41) is 7.90. The highest BCUT2D eigenvalue weighted by Crippen LogP contribution is 2.25. The van der Waals surface area contributed by atoms with Crippen molar-refractivity contribution in [2.45, 2.75) is 58.2 Å². The van der Waals surface area contributed by atoms with Crippen molar-refractivity contribution in [3.63, 3.8) is 0 Å². The third-order valence-electron chi connectivity index (χ3n) is 5.06. The second kappa shape index (κ2) is 6.50. The average molecular weight is 339 g/mol. The van der Waals surface area contributed by atoms with Crippen molar-refractivity contribution in [2.75, 3.05) is 11.9 Å². The van der Waals surface area contributed by atoms with Crippen molar-refractivity contribution < 1.29 is 4.79 Å². The summed E-state index contributed by atoms with van der Waals surface area (Å²) in [5.74, 6) is 0.939. The largest absolute Gasteiger partial charge is 0.367 e. The van der Waals surface area contributed by atoms with Crippen molar-refractivity contribution in [3.8, 4) is 0 Å². The maximum Gasteiger partial charge on any atom is 0.255 e. The van der Waals surface area contributed by atoms with E-state index in [1.807, 2.05) is 28.6 Å². The number of nitrogens with one attached hydrogen (secondary N) is 1. The molecule has 0 radical (unpaired) electrons. The Hall–Kier alpha value is -2.37. The number of carbonyl (C=O) groups excluding carboxylic acids is 1. The van der Waals surface area contributed by atoms with Gasteiger partial charge in [-0.25, -0.2) is 4.98 Å². The summed E-state index contributed by atoms with van der Waals surface area (Å²) in [6.07, 6.45) is 6.20. The number of aromatic nitrogens is 3. The highest BCUT2D eigenvalue weighted by Gasteiger charge is 2.30. The van der Waals surface area contributed by atoms with Crippen molar-refractivity contribution in [1.82, 2.24) is 19.7 Å². The Morgan fingerprint density at radius 3 is 2.76 bits per heavy atom. The molecule has 2 fully saturated rings. The van der Waals surface area contributed by atoms with E-state index in [-0.39, 0.29) is 11.9 Å². The van der Waals surface area contributed by atoms with E-state index in [0.717, 1.165) is 43.1 Å². The fraction of sp³-hybridized carbons (Fsp3) is 0.526. The Morgan fingerprint density at radius 1 is 1.28 bits per heavy atom. The Kier molecular flexibility index (Phi) is 4.19. The molecule has 1 N–H and O–H groups in total. The molecule has 1 atom stereocenters. The van der Waals surface area contributed by atoms with Crippen LogP contribution in [0, 0.1) is 13.8 Å². The van der Waals surface area contributed by atoms with Gasteiger partial charge in [0.25, 0.3) is 5.91 Å². The molecule has 132 valence electrons. The van der Waals surface area contributed by atoms with E-state index in [1.54, 1.807) is 6.20 Å². The normalized spacial score (nSPS) is 20.1. The van der Waals surface area contributed by atoms with Gasteiger partial charge in [0.05, 0.1) is 23.8 Å². The average Bonchev–Trinajstić information content (AvgIpc) is 3.19. The Bertz CT molecular complexity index is 763. The van der Waals surface area contributed by atoms with Gasteiger partial charge in [-0.05, 0) is 57.7 Å². The van der Waals surface area contributed by atoms with Gasteiger partial charge in [0.15, 0.2) is 0 Å². The number of anilines is 1. The zero-order chi connectivity index (χ0) is 17.4. The minimum atomic E-state index is 0.0782. The molecule has 0 unspecified atom stereocenters. The number of aryl methyl sites for hydroxylation is 2. The summed E-state index contributed by atoms with van der Waals surface area (Å²) in [4.78, 5) is 19.3. The molecule has 0 spiro atoms. The van der Waals surface area contributed by atoms with Crippen LogP contribution in [-0.4, -0.2) is 44.2 Å². The molecule has 1 saturated carbocycles. The zero-order valence-electron chi connectivity index (χ0n) is 14.9. The zero-order valence-corrected chi connectivity index (χ0v) is 14.9. The maximum atomic E-state index is 12.9.